The highest BCUT2D eigenvalue weighted by molar-refractivity contribution is 6.14. The van der Waals surface area contributed by atoms with Gasteiger partial charge in [0.15, 0.2) is 5.78 Å². The van der Waals surface area contributed by atoms with E-state index in [1.54, 1.807) is 0 Å². The molecule has 0 heterocycles. The highest BCUT2D eigenvalue weighted by atomic mass is 16.4. The molecule has 0 unspecified atom stereocenters. The van der Waals surface area contributed by atoms with Gasteiger partial charge < -0.3 is 15.3 Å². The number of aromatic carboxylic acids is 1. The first-order valence-electron chi connectivity index (χ1n) is 5.39. The van der Waals surface area contributed by atoms with Crippen molar-refractivity contribution in [2.24, 2.45) is 0 Å². The topological polar surface area (TPSA) is 94.8 Å². The Labute approximate surface area is 108 Å². The zero-order valence-electron chi connectivity index (χ0n) is 9.70. The van der Waals surface area contributed by atoms with Crippen LogP contribution in [0.2, 0.25) is 0 Å². The number of hydrogen-bond donors (Lipinski definition) is 3. The van der Waals surface area contributed by atoms with E-state index in [9.17, 15) is 14.7 Å². The van der Waals surface area contributed by atoms with E-state index < -0.39 is 11.8 Å². The molecule has 0 radical (unpaired) electrons. The molecule has 96 valence electrons. The lowest BCUT2D eigenvalue weighted by Crippen LogP contribution is -2.09. The number of carboxylic acid groups (broad SMARTS) is 1. The summed E-state index contributed by atoms with van der Waals surface area (Å²) in [6, 6.07) is 9.01. The number of aromatic hydroxyl groups is 2. The highest BCUT2D eigenvalue weighted by Gasteiger charge is 2.18. The summed E-state index contributed by atoms with van der Waals surface area (Å²) in [5.74, 6) is -1.99. The molecule has 0 aliphatic heterocycles. The molecule has 0 aromatic heterocycles. The molecule has 5 nitrogen and oxygen atoms in total. The third-order valence-corrected chi connectivity index (χ3v) is 2.61. The molecule has 0 amide bonds. The third kappa shape index (κ3) is 2.55. The molecule has 0 aliphatic rings. The first kappa shape index (κ1) is 12.6. The van der Waals surface area contributed by atoms with Crippen LogP contribution >= 0.6 is 0 Å². The predicted octanol–water partition coefficient (Wildman–Crippen LogP) is 2.03. The van der Waals surface area contributed by atoms with E-state index in [1.165, 1.54) is 36.4 Å². The Hall–Kier alpha value is -2.82. The van der Waals surface area contributed by atoms with E-state index in [0.717, 1.165) is 6.07 Å². The van der Waals surface area contributed by atoms with E-state index >= 15 is 0 Å². The van der Waals surface area contributed by atoms with Crippen LogP contribution in [0, 0.1) is 0 Å². The Balaban J connectivity index is 2.49. The van der Waals surface area contributed by atoms with Crippen molar-refractivity contribution in [1.29, 1.82) is 0 Å². The third-order valence-electron chi connectivity index (χ3n) is 2.61. The summed E-state index contributed by atoms with van der Waals surface area (Å²) >= 11 is 0. The second-order valence-electron chi connectivity index (χ2n) is 3.91. The van der Waals surface area contributed by atoms with Crippen LogP contribution in [0.1, 0.15) is 26.3 Å². The fourth-order valence-corrected chi connectivity index (χ4v) is 1.68. The van der Waals surface area contributed by atoms with Crippen molar-refractivity contribution in [1.82, 2.24) is 0 Å². The van der Waals surface area contributed by atoms with E-state index in [4.69, 9.17) is 10.2 Å². The maximum atomic E-state index is 12.2. The van der Waals surface area contributed by atoms with Crippen molar-refractivity contribution in [3.8, 4) is 11.5 Å². The molecular weight excluding hydrogens is 248 g/mol. The molecule has 2 aromatic rings. The van der Waals surface area contributed by atoms with Crippen molar-refractivity contribution >= 4 is 11.8 Å². The largest absolute Gasteiger partial charge is 0.508 e. The molecule has 0 spiro atoms. The fraction of sp³-hybridized carbons (Fsp3) is 0. The zero-order chi connectivity index (χ0) is 14.0. The molecular formula is C14H10O5. The normalized spacial score (nSPS) is 10.1. The standard InChI is InChI=1S/C14H10O5/c15-9-3-1-8(2-4-9)13(17)11-6-5-10(16)7-12(11)14(18)19/h1-7,15-16H,(H,18,19). The van der Waals surface area contributed by atoms with Crippen molar-refractivity contribution in [3.05, 3.63) is 59.2 Å². The molecule has 2 aromatic carbocycles. The van der Waals surface area contributed by atoms with E-state index in [2.05, 4.69) is 0 Å². The van der Waals surface area contributed by atoms with E-state index in [1.807, 2.05) is 0 Å². The quantitative estimate of drug-likeness (QED) is 0.732. The van der Waals surface area contributed by atoms with E-state index in [-0.39, 0.29) is 28.2 Å². The zero-order valence-corrected chi connectivity index (χ0v) is 9.70. The lowest BCUT2D eigenvalue weighted by molar-refractivity contribution is 0.0692. The van der Waals surface area contributed by atoms with Gasteiger partial charge in [-0.3, -0.25) is 4.79 Å². The minimum absolute atomic E-state index is 0.0146. The number of rotatable bonds is 3. The molecule has 0 bridgehead atoms. The number of carbonyl (C=O) groups excluding carboxylic acids is 1. The van der Waals surface area contributed by atoms with Gasteiger partial charge in [0.2, 0.25) is 0 Å². The molecule has 0 saturated carbocycles. The lowest BCUT2D eigenvalue weighted by Gasteiger charge is -2.06. The Kier molecular flexibility index (Phi) is 3.20. The van der Waals surface area contributed by atoms with Crippen molar-refractivity contribution in [2.45, 2.75) is 0 Å². The van der Waals surface area contributed by atoms with Gasteiger partial charge in [0.05, 0.1) is 5.56 Å². The molecule has 0 saturated heterocycles. The number of ketones is 1. The van der Waals surface area contributed by atoms with Crippen LogP contribution in [0.5, 0.6) is 11.5 Å². The molecule has 3 N–H and O–H groups in total. The Morgan fingerprint density at radius 3 is 1.95 bits per heavy atom. The second kappa shape index (κ2) is 4.81. The van der Waals surface area contributed by atoms with Crippen LogP contribution in [-0.2, 0) is 0 Å². The Bertz CT molecular complexity index is 643. The van der Waals surface area contributed by atoms with Gasteiger partial charge in [-0.05, 0) is 42.5 Å². The highest BCUT2D eigenvalue weighted by Crippen LogP contribution is 2.21. The van der Waals surface area contributed by atoms with Gasteiger partial charge in [0.25, 0.3) is 0 Å². The Morgan fingerprint density at radius 2 is 1.37 bits per heavy atom. The molecule has 0 fully saturated rings. The van der Waals surface area contributed by atoms with Gasteiger partial charge in [-0.15, -0.1) is 0 Å². The summed E-state index contributed by atoms with van der Waals surface area (Å²) in [5, 5.41) is 27.4. The van der Waals surface area contributed by atoms with Gasteiger partial charge in [-0.1, -0.05) is 0 Å². The summed E-state index contributed by atoms with van der Waals surface area (Å²) < 4.78 is 0. The predicted molar refractivity (Wildman–Crippen MR) is 66.6 cm³/mol. The number of carbonyl (C=O) groups is 2. The summed E-state index contributed by atoms with van der Waals surface area (Å²) in [6.45, 7) is 0. The molecule has 19 heavy (non-hydrogen) atoms. The number of benzene rings is 2. The number of phenols is 2. The lowest BCUT2D eigenvalue weighted by atomic mass is 9.98. The average Bonchev–Trinajstić information content (AvgIpc) is 2.38. The van der Waals surface area contributed by atoms with Crippen LogP contribution in [0.4, 0.5) is 0 Å². The first-order valence-corrected chi connectivity index (χ1v) is 5.39. The molecule has 0 aliphatic carbocycles. The van der Waals surface area contributed by atoms with Crippen molar-refractivity contribution < 1.29 is 24.9 Å². The van der Waals surface area contributed by atoms with Gasteiger partial charge in [-0.25, -0.2) is 4.79 Å². The summed E-state index contributed by atoms with van der Waals surface area (Å²) in [4.78, 5) is 23.2. The first-order chi connectivity index (χ1) is 8.99. The number of phenolic OH excluding ortho intramolecular Hbond substituents is 2. The summed E-state index contributed by atoms with van der Waals surface area (Å²) in [6.07, 6.45) is 0. The van der Waals surface area contributed by atoms with Crippen LogP contribution in [-0.4, -0.2) is 27.1 Å². The van der Waals surface area contributed by atoms with Crippen molar-refractivity contribution in [2.75, 3.05) is 0 Å². The van der Waals surface area contributed by atoms with Gasteiger partial charge in [-0.2, -0.15) is 0 Å². The SMILES string of the molecule is O=C(O)c1cc(O)ccc1C(=O)c1ccc(O)cc1. The van der Waals surface area contributed by atoms with Crippen LogP contribution in [0.25, 0.3) is 0 Å². The average molecular weight is 258 g/mol. The summed E-state index contributed by atoms with van der Waals surface area (Å²) in [5.41, 5.74) is -0.0277. The molecule has 0 atom stereocenters. The smallest absolute Gasteiger partial charge is 0.336 e. The van der Waals surface area contributed by atoms with Crippen LogP contribution in [0.15, 0.2) is 42.5 Å². The molecule has 5 heteroatoms. The maximum absolute atomic E-state index is 12.2. The van der Waals surface area contributed by atoms with Gasteiger partial charge in [0.1, 0.15) is 11.5 Å². The van der Waals surface area contributed by atoms with Gasteiger partial charge in [0, 0.05) is 11.1 Å². The number of hydrogen-bond acceptors (Lipinski definition) is 4. The molecule has 2 rings (SSSR count). The summed E-state index contributed by atoms with van der Waals surface area (Å²) in [7, 11) is 0. The maximum Gasteiger partial charge on any atom is 0.336 e. The monoisotopic (exact) mass is 258 g/mol. The van der Waals surface area contributed by atoms with E-state index in [0.29, 0.717) is 0 Å². The minimum atomic E-state index is -1.29. The van der Waals surface area contributed by atoms with Gasteiger partial charge >= 0.3 is 5.97 Å². The minimum Gasteiger partial charge on any atom is -0.508 e. The second-order valence-corrected chi connectivity index (χ2v) is 3.91. The number of carboxylic acids is 1. The van der Waals surface area contributed by atoms with Crippen LogP contribution < -0.4 is 0 Å². The van der Waals surface area contributed by atoms with Crippen molar-refractivity contribution in [3.63, 3.8) is 0 Å². The fourth-order valence-electron chi connectivity index (χ4n) is 1.68. The van der Waals surface area contributed by atoms with Crippen LogP contribution in [0.3, 0.4) is 0 Å². The Morgan fingerprint density at radius 1 is 0.789 bits per heavy atom.